The second-order valence-corrected chi connectivity index (χ2v) is 6.42. The van der Waals surface area contributed by atoms with Crippen molar-refractivity contribution in [1.82, 2.24) is 15.3 Å². The first kappa shape index (κ1) is 19.7. The Morgan fingerprint density at radius 1 is 1.28 bits per heavy atom. The molecule has 2 fully saturated rings. The maximum atomic E-state index is 12.6. The SMILES string of the molecule is Cl.NC1C2CCC(C2)C1C(=O)NCCNc1nccc(C(F)(F)F)n1. The van der Waals surface area contributed by atoms with Crippen LogP contribution in [0.4, 0.5) is 19.1 Å². The van der Waals surface area contributed by atoms with Crippen LogP contribution in [0.1, 0.15) is 25.0 Å². The topological polar surface area (TPSA) is 92.9 Å². The summed E-state index contributed by atoms with van der Waals surface area (Å²) in [6, 6.07) is 0.729. The molecule has 1 aromatic heterocycles. The summed E-state index contributed by atoms with van der Waals surface area (Å²) in [5.74, 6) is 0.484. The van der Waals surface area contributed by atoms with E-state index in [0.29, 0.717) is 11.8 Å². The van der Waals surface area contributed by atoms with E-state index in [9.17, 15) is 18.0 Å². The molecular weight excluding hydrogens is 359 g/mol. The minimum absolute atomic E-state index is 0. The Balaban J connectivity index is 0.00000225. The molecule has 4 unspecified atom stereocenters. The first-order valence-electron chi connectivity index (χ1n) is 8.03. The Morgan fingerprint density at radius 3 is 2.64 bits per heavy atom. The molecule has 4 N–H and O–H groups in total. The van der Waals surface area contributed by atoms with E-state index < -0.39 is 11.9 Å². The maximum absolute atomic E-state index is 12.6. The maximum Gasteiger partial charge on any atom is 0.433 e. The molecule has 2 bridgehead atoms. The second-order valence-electron chi connectivity index (χ2n) is 6.42. The molecule has 0 saturated heterocycles. The van der Waals surface area contributed by atoms with Crippen molar-refractivity contribution in [2.45, 2.75) is 31.5 Å². The van der Waals surface area contributed by atoms with Gasteiger partial charge < -0.3 is 16.4 Å². The zero-order valence-electron chi connectivity index (χ0n) is 13.4. The molecule has 25 heavy (non-hydrogen) atoms. The van der Waals surface area contributed by atoms with Gasteiger partial charge in [0.2, 0.25) is 11.9 Å². The number of halogens is 4. The van der Waals surface area contributed by atoms with Crippen molar-refractivity contribution in [3.63, 3.8) is 0 Å². The molecule has 2 aliphatic carbocycles. The minimum Gasteiger partial charge on any atom is -0.354 e. The van der Waals surface area contributed by atoms with Crippen LogP contribution in [-0.2, 0) is 11.0 Å². The number of aromatic nitrogens is 2. The van der Waals surface area contributed by atoms with Crippen LogP contribution in [0.3, 0.4) is 0 Å². The number of hydrogen-bond donors (Lipinski definition) is 3. The number of nitrogens with one attached hydrogen (secondary N) is 2. The molecule has 0 radical (unpaired) electrons. The molecule has 6 nitrogen and oxygen atoms in total. The van der Waals surface area contributed by atoms with E-state index in [2.05, 4.69) is 20.6 Å². The summed E-state index contributed by atoms with van der Waals surface area (Å²) in [6.45, 7) is 0.516. The molecule has 10 heteroatoms. The molecule has 2 aliphatic rings. The molecule has 0 spiro atoms. The van der Waals surface area contributed by atoms with Crippen LogP contribution in [0.25, 0.3) is 0 Å². The van der Waals surface area contributed by atoms with Crippen molar-refractivity contribution in [3.8, 4) is 0 Å². The van der Waals surface area contributed by atoms with Gasteiger partial charge in [0.15, 0.2) is 0 Å². The number of alkyl halides is 3. The molecule has 0 aliphatic heterocycles. The largest absolute Gasteiger partial charge is 0.433 e. The second kappa shape index (κ2) is 7.74. The van der Waals surface area contributed by atoms with Gasteiger partial charge in [-0.3, -0.25) is 4.79 Å². The van der Waals surface area contributed by atoms with Gasteiger partial charge in [0.1, 0.15) is 5.69 Å². The van der Waals surface area contributed by atoms with Gasteiger partial charge in [-0.25, -0.2) is 9.97 Å². The van der Waals surface area contributed by atoms with E-state index >= 15 is 0 Å². The van der Waals surface area contributed by atoms with E-state index in [1.165, 1.54) is 0 Å². The lowest BCUT2D eigenvalue weighted by atomic mass is 9.84. The van der Waals surface area contributed by atoms with Gasteiger partial charge in [-0.2, -0.15) is 13.2 Å². The number of fused-ring (bicyclic) bond motifs is 2. The molecule has 1 amide bonds. The van der Waals surface area contributed by atoms with E-state index in [1.54, 1.807) is 0 Å². The van der Waals surface area contributed by atoms with Crippen LogP contribution in [0.15, 0.2) is 12.3 Å². The van der Waals surface area contributed by atoms with Crippen molar-refractivity contribution in [3.05, 3.63) is 18.0 Å². The zero-order valence-corrected chi connectivity index (χ0v) is 14.2. The van der Waals surface area contributed by atoms with Crippen LogP contribution in [0, 0.1) is 17.8 Å². The van der Waals surface area contributed by atoms with E-state index in [-0.39, 0.29) is 49.3 Å². The number of anilines is 1. The molecule has 2 saturated carbocycles. The first-order valence-corrected chi connectivity index (χ1v) is 8.03. The van der Waals surface area contributed by atoms with E-state index in [1.807, 2.05) is 0 Å². The number of rotatable bonds is 5. The first-order chi connectivity index (χ1) is 11.4. The average Bonchev–Trinajstić information content (AvgIpc) is 3.12. The summed E-state index contributed by atoms with van der Waals surface area (Å²) >= 11 is 0. The third kappa shape index (κ3) is 4.33. The standard InChI is InChI=1S/C15H20F3N5O.ClH/c16-15(17,18)10-3-4-21-14(23-10)22-6-5-20-13(24)11-8-1-2-9(7-8)12(11)19;/h3-4,8-9,11-12H,1-2,5-7,19H2,(H,20,24)(H,21,22,23);1H. The Kier molecular flexibility index (Phi) is 6.10. The molecule has 1 heterocycles. The molecular formula is C15H21ClF3N5O. The van der Waals surface area contributed by atoms with Crippen molar-refractivity contribution >= 4 is 24.3 Å². The highest BCUT2D eigenvalue weighted by atomic mass is 35.5. The molecule has 3 rings (SSSR count). The number of nitrogens with zero attached hydrogens (tertiary/aromatic N) is 2. The normalized spacial score (nSPS) is 27.7. The highest BCUT2D eigenvalue weighted by Crippen LogP contribution is 2.47. The average molecular weight is 380 g/mol. The third-order valence-electron chi connectivity index (χ3n) is 4.94. The van der Waals surface area contributed by atoms with E-state index in [0.717, 1.165) is 31.5 Å². The third-order valence-corrected chi connectivity index (χ3v) is 4.94. The van der Waals surface area contributed by atoms with Crippen LogP contribution in [0.5, 0.6) is 0 Å². The quantitative estimate of drug-likeness (QED) is 0.679. The summed E-state index contributed by atoms with van der Waals surface area (Å²) in [6.07, 6.45) is -0.289. The predicted octanol–water partition coefficient (Wildman–Crippen LogP) is 1.82. The van der Waals surface area contributed by atoms with Crippen molar-refractivity contribution in [2.75, 3.05) is 18.4 Å². The minimum atomic E-state index is -4.51. The zero-order chi connectivity index (χ0) is 17.3. The fourth-order valence-electron chi connectivity index (χ4n) is 3.80. The van der Waals surface area contributed by atoms with Gasteiger partial charge in [0.05, 0.1) is 5.92 Å². The van der Waals surface area contributed by atoms with Crippen molar-refractivity contribution in [2.24, 2.45) is 23.5 Å². The lowest BCUT2D eigenvalue weighted by molar-refractivity contribution is -0.141. The molecule has 4 atom stereocenters. The Morgan fingerprint density at radius 2 is 2.00 bits per heavy atom. The summed E-state index contributed by atoms with van der Waals surface area (Å²) < 4.78 is 37.7. The summed E-state index contributed by atoms with van der Waals surface area (Å²) in [4.78, 5) is 19.4. The Hall–Kier alpha value is -1.61. The van der Waals surface area contributed by atoms with E-state index in [4.69, 9.17) is 5.73 Å². The Bertz CT molecular complexity index is 613. The highest BCUT2D eigenvalue weighted by Gasteiger charge is 2.48. The summed E-state index contributed by atoms with van der Waals surface area (Å²) in [5.41, 5.74) is 5.11. The fourth-order valence-corrected chi connectivity index (χ4v) is 3.80. The van der Waals surface area contributed by atoms with Gasteiger partial charge in [-0.05, 0) is 37.2 Å². The summed E-state index contributed by atoms with van der Waals surface area (Å²) in [5, 5.41) is 5.48. The monoisotopic (exact) mass is 379 g/mol. The smallest absolute Gasteiger partial charge is 0.354 e. The van der Waals surface area contributed by atoms with Gasteiger partial charge >= 0.3 is 6.18 Å². The van der Waals surface area contributed by atoms with Gasteiger partial charge in [0, 0.05) is 25.3 Å². The van der Waals surface area contributed by atoms with Gasteiger partial charge in [-0.1, -0.05) is 0 Å². The number of carbonyl (C=O) groups excluding carboxylic acids is 1. The van der Waals surface area contributed by atoms with Crippen LogP contribution in [0.2, 0.25) is 0 Å². The Labute approximate surface area is 149 Å². The van der Waals surface area contributed by atoms with Crippen LogP contribution in [-0.4, -0.2) is 35.0 Å². The number of nitrogens with two attached hydrogens (primary N) is 1. The van der Waals surface area contributed by atoms with Crippen molar-refractivity contribution < 1.29 is 18.0 Å². The number of amides is 1. The van der Waals surface area contributed by atoms with Gasteiger partial charge in [0.25, 0.3) is 0 Å². The van der Waals surface area contributed by atoms with Crippen LogP contribution >= 0.6 is 12.4 Å². The lowest BCUT2D eigenvalue weighted by Gasteiger charge is -2.27. The van der Waals surface area contributed by atoms with Gasteiger partial charge in [-0.15, -0.1) is 12.4 Å². The predicted molar refractivity (Wildman–Crippen MR) is 88.1 cm³/mol. The fraction of sp³-hybridized carbons (Fsp3) is 0.667. The molecule has 140 valence electrons. The summed E-state index contributed by atoms with van der Waals surface area (Å²) in [7, 11) is 0. The van der Waals surface area contributed by atoms with Crippen molar-refractivity contribution in [1.29, 1.82) is 0 Å². The highest BCUT2D eigenvalue weighted by molar-refractivity contribution is 5.85. The molecule has 0 aromatic carbocycles. The number of carbonyl (C=O) groups is 1. The number of hydrogen-bond acceptors (Lipinski definition) is 5. The lowest BCUT2D eigenvalue weighted by Crippen LogP contribution is -2.46. The molecule has 1 aromatic rings. The van der Waals surface area contributed by atoms with Crippen LogP contribution < -0.4 is 16.4 Å².